The van der Waals surface area contributed by atoms with Crippen molar-refractivity contribution < 1.29 is 14.3 Å². The van der Waals surface area contributed by atoms with Crippen molar-refractivity contribution in [3.8, 4) is 0 Å². The lowest BCUT2D eigenvalue weighted by molar-refractivity contribution is 0.0102. The molecule has 1 fully saturated rings. The molecule has 1 aromatic carbocycles. The summed E-state index contributed by atoms with van der Waals surface area (Å²) >= 11 is 0. The monoisotopic (exact) mass is 356 g/mol. The number of hydrogen-bond acceptors (Lipinski definition) is 7. The number of nitrogens with zero attached hydrogens (tertiary/aromatic N) is 3. The molecule has 1 aliphatic heterocycles. The molecule has 0 bridgehead atoms. The highest BCUT2D eigenvalue weighted by molar-refractivity contribution is 5.90. The predicted molar refractivity (Wildman–Crippen MR) is 99.2 cm³/mol. The van der Waals surface area contributed by atoms with Crippen LogP contribution in [0.2, 0.25) is 0 Å². The summed E-state index contributed by atoms with van der Waals surface area (Å²) in [4.78, 5) is 22.6. The highest BCUT2D eigenvalue weighted by Crippen LogP contribution is 2.35. The third kappa shape index (κ3) is 3.77. The third-order valence-corrected chi connectivity index (χ3v) is 4.58. The molecule has 0 spiro atoms. The van der Waals surface area contributed by atoms with Crippen molar-refractivity contribution in [2.75, 3.05) is 37.0 Å². The summed E-state index contributed by atoms with van der Waals surface area (Å²) in [6, 6.07) is 9.26. The summed E-state index contributed by atoms with van der Waals surface area (Å²) < 4.78 is 11.0. The van der Waals surface area contributed by atoms with Gasteiger partial charge in [0.25, 0.3) is 0 Å². The van der Waals surface area contributed by atoms with Crippen LogP contribution in [0.5, 0.6) is 0 Å². The van der Waals surface area contributed by atoms with E-state index >= 15 is 0 Å². The molecule has 7 heteroatoms. The van der Waals surface area contributed by atoms with Crippen LogP contribution in [0.4, 0.5) is 11.6 Å². The first kappa shape index (κ1) is 18.1. The molecule has 0 radical (unpaired) electrons. The highest BCUT2D eigenvalue weighted by atomic mass is 16.5. The molecule has 1 saturated heterocycles. The topological polar surface area (TPSA) is 76.6 Å². The molecule has 2 aromatic rings. The maximum Gasteiger partial charge on any atom is 0.338 e. The van der Waals surface area contributed by atoms with Gasteiger partial charge >= 0.3 is 5.97 Å². The number of ether oxygens (including phenoxy) is 2. The fourth-order valence-corrected chi connectivity index (χ4v) is 3.31. The minimum atomic E-state index is -0.521. The number of carbonyl (C=O) groups excluding carboxylic acids is 1. The van der Waals surface area contributed by atoms with E-state index in [2.05, 4.69) is 20.2 Å². The lowest BCUT2D eigenvalue weighted by Crippen LogP contribution is -2.51. The molecule has 2 heterocycles. The van der Waals surface area contributed by atoms with Crippen molar-refractivity contribution in [2.45, 2.75) is 25.5 Å². The number of carbonyl (C=O) groups is 1. The van der Waals surface area contributed by atoms with E-state index in [-0.39, 0.29) is 5.97 Å². The van der Waals surface area contributed by atoms with Gasteiger partial charge in [-0.2, -0.15) is 0 Å². The van der Waals surface area contributed by atoms with Crippen LogP contribution in [-0.2, 0) is 9.47 Å². The van der Waals surface area contributed by atoms with Crippen LogP contribution >= 0.6 is 0 Å². The highest BCUT2D eigenvalue weighted by Gasteiger charge is 2.41. The summed E-state index contributed by atoms with van der Waals surface area (Å²) in [7, 11) is 1.71. The first-order valence-electron chi connectivity index (χ1n) is 8.79. The van der Waals surface area contributed by atoms with Crippen LogP contribution in [0.15, 0.2) is 42.7 Å². The number of benzene rings is 1. The van der Waals surface area contributed by atoms with Crippen molar-refractivity contribution in [3.05, 3.63) is 48.3 Å². The van der Waals surface area contributed by atoms with Gasteiger partial charge in [0, 0.05) is 31.7 Å². The van der Waals surface area contributed by atoms with E-state index < -0.39 is 5.72 Å². The quantitative estimate of drug-likeness (QED) is 0.764. The van der Waals surface area contributed by atoms with Gasteiger partial charge < -0.3 is 19.7 Å². The molecule has 0 aliphatic carbocycles. The molecule has 0 amide bonds. The van der Waals surface area contributed by atoms with E-state index in [1.807, 2.05) is 18.2 Å². The Kier molecular flexibility index (Phi) is 5.68. The lowest BCUT2D eigenvalue weighted by atomic mass is 10.1. The molecule has 7 nitrogen and oxygen atoms in total. The fourth-order valence-electron chi connectivity index (χ4n) is 3.31. The Morgan fingerprint density at radius 3 is 2.85 bits per heavy atom. The Hall–Kier alpha value is -2.67. The Morgan fingerprint density at radius 1 is 1.31 bits per heavy atom. The average Bonchev–Trinajstić information content (AvgIpc) is 3.12. The second kappa shape index (κ2) is 8.14. The van der Waals surface area contributed by atoms with Gasteiger partial charge in [0.15, 0.2) is 5.72 Å². The van der Waals surface area contributed by atoms with Crippen LogP contribution in [0, 0.1) is 0 Å². The summed E-state index contributed by atoms with van der Waals surface area (Å²) in [6.07, 6.45) is 5.26. The Bertz CT molecular complexity index is 741. The van der Waals surface area contributed by atoms with Crippen molar-refractivity contribution in [2.24, 2.45) is 0 Å². The van der Waals surface area contributed by atoms with Gasteiger partial charge in [-0.05, 0) is 44.0 Å². The summed E-state index contributed by atoms with van der Waals surface area (Å²) in [5.41, 5.74) is 0.957. The minimum Gasteiger partial charge on any atom is -0.462 e. The largest absolute Gasteiger partial charge is 0.462 e. The van der Waals surface area contributed by atoms with Gasteiger partial charge in [0.05, 0.1) is 18.7 Å². The standard InChI is InChI=1S/C19H24N4O3/c1-3-26-17(24)15-7-4-8-16(13-15)23-12-5-9-19(23,25-2)14-22-18-20-10-6-11-21-18/h4,6-8,10-11,13H,3,5,9,12,14H2,1-2H3,(H,20,21,22). The Balaban J connectivity index is 1.81. The van der Waals surface area contributed by atoms with E-state index in [1.54, 1.807) is 38.6 Å². The third-order valence-electron chi connectivity index (χ3n) is 4.58. The number of nitrogens with one attached hydrogen (secondary N) is 1. The summed E-state index contributed by atoms with van der Waals surface area (Å²) in [5.74, 6) is 0.253. The molecule has 26 heavy (non-hydrogen) atoms. The van der Waals surface area contributed by atoms with E-state index in [0.717, 1.165) is 25.1 Å². The Labute approximate surface area is 153 Å². The smallest absolute Gasteiger partial charge is 0.338 e. The zero-order chi connectivity index (χ0) is 18.4. The first-order chi connectivity index (χ1) is 12.7. The molecule has 1 aromatic heterocycles. The van der Waals surface area contributed by atoms with E-state index in [9.17, 15) is 4.79 Å². The zero-order valence-electron chi connectivity index (χ0n) is 15.1. The van der Waals surface area contributed by atoms with E-state index in [1.165, 1.54) is 0 Å². The molecule has 0 saturated carbocycles. The number of methoxy groups -OCH3 is 1. The second-order valence-electron chi connectivity index (χ2n) is 6.10. The number of esters is 1. The number of anilines is 2. The number of rotatable bonds is 7. The van der Waals surface area contributed by atoms with Gasteiger partial charge in [-0.15, -0.1) is 0 Å². The molecule has 1 N–H and O–H groups in total. The van der Waals surface area contributed by atoms with Crippen LogP contribution in [-0.4, -0.2) is 48.5 Å². The molecule has 1 aliphatic rings. The van der Waals surface area contributed by atoms with Gasteiger partial charge in [0.1, 0.15) is 0 Å². The normalized spacial score (nSPS) is 19.4. The van der Waals surface area contributed by atoms with Crippen LogP contribution in [0.1, 0.15) is 30.1 Å². The van der Waals surface area contributed by atoms with Gasteiger partial charge in [0.2, 0.25) is 5.95 Å². The van der Waals surface area contributed by atoms with Gasteiger partial charge in [-0.25, -0.2) is 14.8 Å². The van der Waals surface area contributed by atoms with E-state index in [4.69, 9.17) is 9.47 Å². The SMILES string of the molecule is CCOC(=O)c1cccc(N2CCCC2(CNc2ncccn2)OC)c1. The first-order valence-corrected chi connectivity index (χ1v) is 8.79. The Morgan fingerprint density at radius 2 is 2.12 bits per heavy atom. The second-order valence-corrected chi connectivity index (χ2v) is 6.10. The minimum absolute atomic E-state index is 0.313. The maximum absolute atomic E-state index is 12.1. The summed E-state index contributed by atoms with van der Waals surface area (Å²) in [5, 5.41) is 3.26. The maximum atomic E-state index is 12.1. The molecule has 1 atom stereocenters. The molecular weight excluding hydrogens is 332 g/mol. The summed E-state index contributed by atoms with van der Waals surface area (Å²) in [6.45, 7) is 3.54. The van der Waals surface area contributed by atoms with E-state index in [0.29, 0.717) is 24.7 Å². The van der Waals surface area contributed by atoms with Crippen LogP contribution < -0.4 is 10.2 Å². The number of hydrogen-bond donors (Lipinski definition) is 1. The fraction of sp³-hybridized carbons (Fsp3) is 0.421. The molecule has 1 unspecified atom stereocenters. The molecular formula is C19H24N4O3. The zero-order valence-corrected chi connectivity index (χ0v) is 15.1. The number of aromatic nitrogens is 2. The van der Waals surface area contributed by atoms with Gasteiger partial charge in [-0.3, -0.25) is 0 Å². The van der Waals surface area contributed by atoms with Crippen molar-refractivity contribution in [3.63, 3.8) is 0 Å². The lowest BCUT2D eigenvalue weighted by Gasteiger charge is -2.39. The van der Waals surface area contributed by atoms with Crippen molar-refractivity contribution in [1.82, 2.24) is 9.97 Å². The molecule has 3 rings (SSSR count). The van der Waals surface area contributed by atoms with Crippen molar-refractivity contribution in [1.29, 1.82) is 0 Å². The van der Waals surface area contributed by atoms with Crippen LogP contribution in [0.3, 0.4) is 0 Å². The van der Waals surface area contributed by atoms with Gasteiger partial charge in [-0.1, -0.05) is 6.07 Å². The predicted octanol–water partition coefficient (Wildman–Crippen LogP) is 2.71. The van der Waals surface area contributed by atoms with Crippen molar-refractivity contribution >= 4 is 17.6 Å². The molecule has 138 valence electrons. The average molecular weight is 356 g/mol. The van der Waals surface area contributed by atoms with Crippen LogP contribution in [0.25, 0.3) is 0 Å².